The van der Waals surface area contributed by atoms with Crippen molar-refractivity contribution < 1.29 is 14.7 Å². The van der Waals surface area contributed by atoms with Gasteiger partial charge in [-0.05, 0) is 6.42 Å². The van der Waals surface area contributed by atoms with E-state index in [0.29, 0.717) is 6.42 Å². The lowest BCUT2D eigenvalue weighted by molar-refractivity contribution is -0.136. The molecule has 4 heteroatoms. The maximum atomic E-state index is 10.9. The summed E-state index contributed by atoms with van der Waals surface area (Å²) >= 11 is 0. The standard InChI is InChI=1S/C8H12NO3/c1-5(4-11)7-6(2-3-10)8(12)9-7/h5-7,10H,2-3H2,1H3,(H,9,12)/t5-,6-,7+/m0/s1. The average Bonchev–Trinajstić information content (AvgIpc) is 2.09. The third-order valence-electron chi connectivity index (χ3n) is 2.24. The van der Waals surface area contributed by atoms with Crippen LogP contribution in [-0.2, 0) is 9.59 Å². The van der Waals surface area contributed by atoms with Crippen molar-refractivity contribution in [3.63, 3.8) is 0 Å². The molecule has 0 unspecified atom stereocenters. The molecule has 1 amide bonds. The van der Waals surface area contributed by atoms with E-state index in [9.17, 15) is 9.59 Å². The third-order valence-corrected chi connectivity index (χ3v) is 2.24. The molecule has 1 rings (SSSR count). The van der Waals surface area contributed by atoms with Crippen LogP contribution in [-0.4, -0.2) is 29.9 Å². The van der Waals surface area contributed by atoms with Crippen LogP contribution in [0.25, 0.3) is 0 Å². The molecule has 1 fully saturated rings. The van der Waals surface area contributed by atoms with Crippen LogP contribution in [0.1, 0.15) is 13.3 Å². The Morgan fingerprint density at radius 1 is 1.75 bits per heavy atom. The molecule has 3 atom stereocenters. The summed E-state index contributed by atoms with van der Waals surface area (Å²) in [5, 5.41) is 11.2. The van der Waals surface area contributed by atoms with Gasteiger partial charge < -0.3 is 10.4 Å². The van der Waals surface area contributed by atoms with E-state index in [4.69, 9.17) is 5.11 Å². The normalized spacial score (nSPS) is 30.3. The maximum absolute atomic E-state index is 10.9. The van der Waals surface area contributed by atoms with E-state index in [-0.39, 0.29) is 30.4 Å². The summed E-state index contributed by atoms with van der Waals surface area (Å²) in [5.74, 6) is -0.554. The lowest BCUT2D eigenvalue weighted by Gasteiger charge is -2.38. The van der Waals surface area contributed by atoms with Gasteiger partial charge in [0.25, 0.3) is 0 Å². The molecule has 1 heterocycles. The first-order valence-electron chi connectivity index (χ1n) is 3.99. The van der Waals surface area contributed by atoms with Crippen molar-refractivity contribution in [3.8, 4) is 0 Å². The second-order valence-corrected chi connectivity index (χ2v) is 3.06. The summed E-state index contributed by atoms with van der Waals surface area (Å²) in [6, 6.07) is -0.123. The van der Waals surface area contributed by atoms with Crippen molar-refractivity contribution >= 4 is 12.2 Å². The van der Waals surface area contributed by atoms with Gasteiger partial charge in [0, 0.05) is 12.5 Å². The van der Waals surface area contributed by atoms with Gasteiger partial charge in [-0.25, -0.2) is 0 Å². The number of rotatable bonds is 4. The monoisotopic (exact) mass is 170 g/mol. The van der Waals surface area contributed by atoms with Crippen molar-refractivity contribution in [2.75, 3.05) is 6.61 Å². The van der Waals surface area contributed by atoms with Gasteiger partial charge >= 0.3 is 0 Å². The van der Waals surface area contributed by atoms with Gasteiger partial charge in [0.05, 0.1) is 12.0 Å². The van der Waals surface area contributed by atoms with E-state index >= 15 is 0 Å². The first kappa shape index (κ1) is 9.19. The van der Waals surface area contributed by atoms with Gasteiger partial charge in [-0.1, -0.05) is 6.92 Å². The summed E-state index contributed by atoms with van der Waals surface area (Å²) in [5.41, 5.74) is 0. The highest BCUT2D eigenvalue weighted by Gasteiger charge is 2.41. The van der Waals surface area contributed by atoms with Gasteiger partial charge in [0.15, 0.2) is 0 Å². The predicted molar refractivity (Wildman–Crippen MR) is 42.0 cm³/mol. The second-order valence-electron chi connectivity index (χ2n) is 3.06. The largest absolute Gasteiger partial charge is 0.396 e. The summed E-state index contributed by atoms with van der Waals surface area (Å²) in [6.07, 6.45) is 2.26. The van der Waals surface area contributed by atoms with Gasteiger partial charge in [0.2, 0.25) is 12.2 Å². The van der Waals surface area contributed by atoms with E-state index in [0.717, 1.165) is 0 Å². The average molecular weight is 170 g/mol. The lowest BCUT2D eigenvalue weighted by Crippen LogP contribution is -2.61. The lowest BCUT2D eigenvalue weighted by atomic mass is 9.81. The van der Waals surface area contributed by atoms with Crippen LogP contribution in [0.2, 0.25) is 0 Å². The number of amides is 1. The zero-order valence-corrected chi connectivity index (χ0v) is 6.91. The summed E-state index contributed by atoms with van der Waals surface area (Å²) in [4.78, 5) is 21.2. The number of aliphatic hydroxyl groups is 1. The first-order valence-corrected chi connectivity index (χ1v) is 3.99. The summed E-state index contributed by atoms with van der Waals surface area (Å²) < 4.78 is 0. The van der Waals surface area contributed by atoms with E-state index < -0.39 is 0 Å². The Bertz CT molecular complexity index is 193. The molecular weight excluding hydrogens is 158 g/mol. The third kappa shape index (κ3) is 1.48. The van der Waals surface area contributed by atoms with Crippen LogP contribution in [0.3, 0.4) is 0 Å². The Morgan fingerprint density at radius 2 is 2.42 bits per heavy atom. The fraction of sp³-hybridized carbons (Fsp3) is 0.750. The molecular formula is C8H12NO3. The molecule has 0 aliphatic carbocycles. The minimum Gasteiger partial charge on any atom is -0.396 e. The smallest absolute Gasteiger partial charge is 0.225 e. The van der Waals surface area contributed by atoms with E-state index in [1.165, 1.54) is 0 Å². The molecule has 0 bridgehead atoms. The maximum Gasteiger partial charge on any atom is 0.225 e. The van der Waals surface area contributed by atoms with Crippen LogP contribution in [0, 0.1) is 11.8 Å². The molecule has 67 valence electrons. The number of nitrogens with one attached hydrogen (secondary N) is 1. The highest BCUT2D eigenvalue weighted by atomic mass is 16.3. The highest BCUT2D eigenvalue weighted by molar-refractivity contribution is 5.87. The molecule has 12 heavy (non-hydrogen) atoms. The SMILES string of the molecule is C[C@@H]([C]=O)[C@H]1NC(=O)[C@H]1CCO. The van der Waals surface area contributed by atoms with Crippen LogP contribution in [0.5, 0.6) is 0 Å². The minimum absolute atomic E-state index is 0.0137. The van der Waals surface area contributed by atoms with Crippen LogP contribution < -0.4 is 5.32 Å². The number of carbonyl (C=O) groups excluding carboxylic acids is 2. The summed E-state index contributed by atoms with van der Waals surface area (Å²) in [6.45, 7) is 1.70. The molecule has 1 aliphatic rings. The van der Waals surface area contributed by atoms with Gasteiger partial charge in [-0.3, -0.25) is 9.59 Å². The molecule has 0 aromatic heterocycles. The topological polar surface area (TPSA) is 66.4 Å². The molecule has 0 spiro atoms. The van der Waals surface area contributed by atoms with Crippen molar-refractivity contribution in [3.05, 3.63) is 0 Å². The Morgan fingerprint density at radius 3 is 2.83 bits per heavy atom. The number of aliphatic hydroxyl groups excluding tert-OH is 1. The summed E-state index contributed by atoms with van der Waals surface area (Å²) in [7, 11) is 0. The van der Waals surface area contributed by atoms with Crippen molar-refractivity contribution in [1.29, 1.82) is 0 Å². The minimum atomic E-state index is -0.278. The number of hydrogen-bond donors (Lipinski definition) is 2. The highest BCUT2D eigenvalue weighted by Crippen LogP contribution is 2.23. The molecule has 1 saturated heterocycles. The molecule has 1 aliphatic heterocycles. The van der Waals surface area contributed by atoms with Crippen molar-refractivity contribution in [2.24, 2.45) is 11.8 Å². The van der Waals surface area contributed by atoms with Gasteiger partial charge in [-0.15, -0.1) is 0 Å². The first-order chi connectivity index (χ1) is 5.70. The Labute approximate surface area is 71.0 Å². The van der Waals surface area contributed by atoms with Crippen molar-refractivity contribution in [1.82, 2.24) is 5.32 Å². The van der Waals surface area contributed by atoms with Crippen LogP contribution in [0.4, 0.5) is 0 Å². The van der Waals surface area contributed by atoms with E-state index in [2.05, 4.69) is 5.32 Å². The molecule has 1 radical (unpaired) electrons. The fourth-order valence-electron chi connectivity index (χ4n) is 1.44. The van der Waals surface area contributed by atoms with Crippen LogP contribution in [0.15, 0.2) is 0 Å². The van der Waals surface area contributed by atoms with E-state index in [1.807, 2.05) is 6.29 Å². The molecule has 4 nitrogen and oxygen atoms in total. The van der Waals surface area contributed by atoms with Gasteiger partial charge in [0.1, 0.15) is 0 Å². The molecule has 2 N–H and O–H groups in total. The number of carbonyl (C=O) groups is 1. The zero-order valence-electron chi connectivity index (χ0n) is 6.91. The Hall–Kier alpha value is -0.900. The molecule has 0 aromatic carbocycles. The van der Waals surface area contributed by atoms with Crippen molar-refractivity contribution in [2.45, 2.75) is 19.4 Å². The second kappa shape index (κ2) is 3.67. The Kier molecular flexibility index (Phi) is 2.81. The van der Waals surface area contributed by atoms with Gasteiger partial charge in [-0.2, -0.15) is 0 Å². The predicted octanol–water partition coefficient (Wildman–Crippen LogP) is -0.771. The zero-order chi connectivity index (χ0) is 9.14. The van der Waals surface area contributed by atoms with E-state index in [1.54, 1.807) is 6.92 Å². The fourth-order valence-corrected chi connectivity index (χ4v) is 1.44. The quantitative estimate of drug-likeness (QED) is 0.544. The Balaban J connectivity index is 2.47. The number of β-lactam (4-membered cyclic amide) rings is 1. The number of hydrogen-bond acceptors (Lipinski definition) is 3. The van der Waals surface area contributed by atoms with Crippen LogP contribution >= 0.6 is 0 Å². The molecule has 0 aromatic rings. The molecule has 0 saturated carbocycles.